The van der Waals surface area contributed by atoms with Gasteiger partial charge in [-0.15, -0.1) is 0 Å². The summed E-state index contributed by atoms with van der Waals surface area (Å²) in [6, 6.07) is 12.4. The van der Waals surface area contributed by atoms with Crippen molar-refractivity contribution in [2.75, 3.05) is 23.3 Å². The van der Waals surface area contributed by atoms with Crippen LogP contribution in [0.3, 0.4) is 0 Å². The van der Waals surface area contributed by atoms with Gasteiger partial charge in [0.1, 0.15) is 5.84 Å². The average molecular weight is 450 g/mol. The van der Waals surface area contributed by atoms with Crippen molar-refractivity contribution in [1.82, 2.24) is 5.32 Å². The van der Waals surface area contributed by atoms with Gasteiger partial charge in [-0.1, -0.05) is 46.9 Å². The van der Waals surface area contributed by atoms with E-state index < -0.39 is 0 Å². The summed E-state index contributed by atoms with van der Waals surface area (Å²) in [7, 11) is 0. The minimum Gasteiger partial charge on any atom is -0.371 e. The molecule has 2 fully saturated rings. The van der Waals surface area contributed by atoms with Crippen molar-refractivity contribution in [1.29, 1.82) is 0 Å². The second-order valence-corrected chi connectivity index (χ2v) is 9.36. The third kappa shape index (κ3) is 3.72. The summed E-state index contributed by atoms with van der Waals surface area (Å²) in [6.07, 6.45) is 4.31. The summed E-state index contributed by atoms with van der Waals surface area (Å²) in [5, 5.41) is 9.21. The molecular weight excluding hydrogens is 427 g/mol. The zero-order chi connectivity index (χ0) is 20.0. The molecule has 3 aliphatic rings. The second kappa shape index (κ2) is 7.66. The van der Waals surface area contributed by atoms with Crippen LogP contribution in [0.4, 0.5) is 11.4 Å². The van der Waals surface area contributed by atoms with E-state index in [1.165, 1.54) is 12.8 Å². The highest BCUT2D eigenvalue weighted by molar-refractivity contribution is 6.42. The Balaban J connectivity index is 1.60. The minimum atomic E-state index is -0.190. The van der Waals surface area contributed by atoms with Crippen molar-refractivity contribution in [3.63, 3.8) is 0 Å². The number of rotatable bonds is 3. The minimum absolute atomic E-state index is 0.190. The van der Waals surface area contributed by atoms with Crippen molar-refractivity contribution in [2.24, 2.45) is 4.99 Å². The lowest BCUT2D eigenvalue weighted by Gasteiger charge is -2.49. The van der Waals surface area contributed by atoms with Crippen LogP contribution in [-0.4, -0.2) is 30.5 Å². The van der Waals surface area contributed by atoms with Gasteiger partial charge in [-0.05, 0) is 68.6 Å². The van der Waals surface area contributed by atoms with Gasteiger partial charge in [-0.3, -0.25) is 4.99 Å². The predicted octanol–water partition coefficient (Wildman–Crippen LogP) is 5.76. The molecule has 0 unspecified atom stereocenters. The van der Waals surface area contributed by atoms with Crippen LogP contribution in [0.15, 0.2) is 41.4 Å². The fourth-order valence-corrected chi connectivity index (χ4v) is 4.83. The van der Waals surface area contributed by atoms with E-state index in [-0.39, 0.29) is 5.54 Å². The number of hydrogen-bond donors (Lipinski definition) is 2. The van der Waals surface area contributed by atoms with Crippen LogP contribution >= 0.6 is 34.8 Å². The first-order valence-electron chi connectivity index (χ1n) is 10.1. The lowest BCUT2D eigenvalue weighted by atomic mass is 9.83. The maximum Gasteiger partial charge on any atom is 0.130 e. The van der Waals surface area contributed by atoms with Crippen LogP contribution in [0.25, 0.3) is 0 Å². The van der Waals surface area contributed by atoms with E-state index in [0.717, 1.165) is 53.7 Å². The Morgan fingerprint density at radius 1 is 1.00 bits per heavy atom. The zero-order valence-electron chi connectivity index (χ0n) is 16.0. The summed E-state index contributed by atoms with van der Waals surface area (Å²) >= 11 is 18.8. The highest BCUT2D eigenvalue weighted by Crippen LogP contribution is 2.47. The molecule has 29 heavy (non-hydrogen) atoms. The van der Waals surface area contributed by atoms with Crippen LogP contribution in [0.2, 0.25) is 15.1 Å². The van der Waals surface area contributed by atoms with Gasteiger partial charge in [0, 0.05) is 11.1 Å². The Hall–Kier alpha value is -1.46. The molecular formula is C22H23Cl3N4. The van der Waals surface area contributed by atoms with Crippen molar-refractivity contribution in [3.8, 4) is 0 Å². The van der Waals surface area contributed by atoms with Gasteiger partial charge in [0.05, 0.1) is 33.5 Å². The zero-order valence-corrected chi connectivity index (χ0v) is 18.3. The van der Waals surface area contributed by atoms with E-state index >= 15 is 0 Å². The lowest BCUT2D eigenvalue weighted by molar-refractivity contribution is 0.414. The monoisotopic (exact) mass is 448 g/mol. The summed E-state index contributed by atoms with van der Waals surface area (Å²) in [6.45, 7) is 2.55. The maximum atomic E-state index is 6.40. The average Bonchev–Trinajstić information content (AvgIpc) is 3.55. The fraction of sp³-hybridized carbons (Fsp3) is 0.409. The van der Waals surface area contributed by atoms with Crippen LogP contribution in [0.1, 0.15) is 31.2 Å². The molecule has 4 nitrogen and oxygen atoms in total. The van der Waals surface area contributed by atoms with E-state index in [0.29, 0.717) is 22.6 Å². The van der Waals surface area contributed by atoms with Crippen LogP contribution in [0, 0.1) is 0 Å². The Kier molecular flexibility index (Phi) is 5.15. The molecule has 0 radical (unpaired) electrons. The lowest BCUT2D eigenvalue weighted by Crippen LogP contribution is -2.62. The Bertz CT molecular complexity index is 947. The maximum absolute atomic E-state index is 6.40. The van der Waals surface area contributed by atoms with E-state index in [4.69, 9.17) is 39.8 Å². The van der Waals surface area contributed by atoms with E-state index in [1.54, 1.807) is 0 Å². The number of nitrogens with one attached hydrogen (secondary N) is 2. The Labute approximate surface area is 186 Å². The number of piperidine rings is 1. The first-order chi connectivity index (χ1) is 14.1. The van der Waals surface area contributed by atoms with Crippen LogP contribution in [0.5, 0.6) is 0 Å². The number of benzene rings is 2. The highest BCUT2D eigenvalue weighted by Gasteiger charge is 2.48. The standard InChI is InChI=1S/C22H23Cl3N4/c23-15-3-1-14(2-4-15)13-27-21-22(7-9-26-10-8-22)28-19-11-17(24)18(25)12-20(19)29(21)16-5-6-16/h1-4,11-12,16,26,28H,5-10,13H2/b27-21+. The normalized spacial score (nSPS) is 21.9. The topological polar surface area (TPSA) is 39.7 Å². The van der Waals surface area contributed by atoms with Gasteiger partial charge in [-0.25, -0.2) is 0 Å². The van der Waals surface area contributed by atoms with E-state index in [1.807, 2.05) is 36.4 Å². The molecule has 7 heteroatoms. The summed E-state index contributed by atoms with van der Waals surface area (Å²) in [5.41, 5.74) is 3.10. The molecule has 1 saturated heterocycles. The SMILES string of the molecule is Clc1ccc(C/N=C2/N(C3CC3)c3cc(Cl)c(Cl)cc3NC23CCNCC3)cc1. The van der Waals surface area contributed by atoms with Crippen molar-refractivity contribution in [2.45, 2.75) is 43.8 Å². The molecule has 1 saturated carbocycles. The third-order valence-corrected chi connectivity index (χ3v) is 7.00. The Morgan fingerprint density at radius 3 is 2.38 bits per heavy atom. The van der Waals surface area contributed by atoms with E-state index in [2.05, 4.69) is 15.5 Å². The molecule has 2 aliphatic heterocycles. The largest absolute Gasteiger partial charge is 0.371 e. The molecule has 2 aromatic rings. The molecule has 1 aliphatic carbocycles. The number of halogens is 3. The summed E-state index contributed by atoms with van der Waals surface area (Å²) in [5.74, 6) is 1.13. The molecule has 0 atom stereocenters. The smallest absolute Gasteiger partial charge is 0.130 e. The van der Waals surface area contributed by atoms with Crippen molar-refractivity contribution < 1.29 is 0 Å². The van der Waals surface area contributed by atoms with Crippen molar-refractivity contribution in [3.05, 3.63) is 57.0 Å². The first-order valence-corrected chi connectivity index (χ1v) is 11.3. The Morgan fingerprint density at radius 2 is 1.69 bits per heavy atom. The molecule has 0 aromatic heterocycles. The molecule has 2 heterocycles. The summed E-state index contributed by atoms with van der Waals surface area (Å²) < 4.78 is 0. The predicted molar refractivity (Wildman–Crippen MR) is 123 cm³/mol. The van der Waals surface area contributed by atoms with Gasteiger partial charge < -0.3 is 15.5 Å². The second-order valence-electron chi connectivity index (χ2n) is 8.11. The van der Waals surface area contributed by atoms with E-state index in [9.17, 15) is 0 Å². The molecule has 152 valence electrons. The highest BCUT2D eigenvalue weighted by atomic mass is 35.5. The van der Waals surface area contributed by atoms with Gasteiger partial charge in [-0.2, -0.15) is 0 Å². The van der Waals surface area contributed by atoms with Gasteiger partial charge >= 0.3 is 0 Å². The number of hydrogen-bond acceptors (Lipinski definition) is 3. The van der Waals surface area contributed by atoms with Crippen LogP contribution < -0.4 is 15.5 Å². The molecule has 5 rings (SSSR count). The van der Waals surface area contributed by atoms with Crippen molar-refractivity contribution >= 4 is 52.0 Å². The molecule has 0 bridgehead atoms. The molecule has 1 spiro atoms. The van der Waals surface area contributed by atoms with Gasteiger partial charge in [0.2, 0.25) is 0 Å². The number of amidine groups is 1. The molecule has 0 amide bonds. The number of nitrogens with zero attached hydrogens (tertiary/aromatic N) is 2. The number of anilines is 2. The molecule has 2 aromatic carbocycles. The fourth-order valence-electron chi connectivity index (χ4n) is 4.38. The number of fused-ring (bicyclic) bond motifs is 1. The first kappa shape index (κ1) is 19.5. The molecule has 2 N–H and O–H groups in total. The van der Waals surface area contributed by atoms with Crippen LogP contribution in [-0.2, 0) is 6.54 Å². The third-order valence-electron chi connectivity index (χ3n) is 6.02. The quantitative estimate of drug-likeness (QED) is 0.625. The summed E-state index contributed by atoms with van der Waals surface area (Å²) in [4.78, 5) is 7.61. The van der Waals surface area contributed by atoms with Gasteiger partial charge in [0.15, 0.2) is 0 Å². The number of aliphatic imine (C=N–C) groups is 1. The van der Waals surface area contributed by atoms with Gasteiger partial charge in [0.25, 0.3) is 0 Å².